The zero-order valence-corrected chi connectivity index (χ0v) is 12.3. The van der Waals surface area contributed by atoms with Gasteiger partial charge in [-0.15, -0.1) is 0 Å². The fraction of sp³-hybridized carbons (Fsp3) is 0.571. The molecular formula is C14H21N5O. The van der Waals surface area contributed by atoms with Gasteiger partial charge < -0.3 is 14.6 Å². The molecule has 1 unspecified atom stereocenters. The van der Waals surface area contributed by atoms with Crippen LogP contribution in [0.4, 0.5) is 0 Å². The molecule has 0 aromatic carbocycles. The van der Waals surface area contributed by atoms with Crippen molar-refractivity contribution in [1.29, 1.82) is 0 Å². The molecule has 2 aromatic heterocycles. The Kier molecular flexibility index (Phi) is 3.58. The van der Waals surface area contributed by atoms with Gasteiger partial charge in [0.05, 0.1) is 37.1 Å². The highest BCUT2D eigenvalue weighted by Gasteiger charge is 2.20. The van der Waals surface area contributed by atoms with Crippen LogP contribution in [0.5, 0.6) is 0 Å². The van der Waals surface area contributed by atoms with Gasteiger partial charge in [0.25, 0.3) is 0 Å². The number of morpholine rings is 1. The summed E-state index contributed by atoms with van der Waals surface area (Å²) in [6.07, 6.45) is 3.86. The minimum atomic E-state index is 0.0866. The number of imidazole rings is 1. The lowest BCUT2D eigenvalue weighted by atomic mass is 10.2. The summed E-state index contributed by atoms with van der Waals surface area (Å²) in [4.78, 5) is 4.29. The van der Waals surface area contributed by atoms with Crippen LogP contribution in [-0.4, -0.2) is 39.0 Å². The third kappa shape index (κ3) is 2.36. The first-order valence-corrected chi connectivity index (χ1v) is 6.98. The van der Waals surface area contributed by atoms with E-state index in [4.69, 9.17) is 4.74 Å². The van der Waals surface area contributed by atoms with Crippen LogP contribution in [0.1, 0.15) is 28.7 Å². The predicted molar refractivity (Wildman–Crippen MR) is 75.6 cm³/mol. The maximum atomic E-state index is 5.82. The summed E-state index contributed by atoms with van der Waals surface area (Å²) in [5.74, 6) is 0. The lowest BCUT2D eigenvalue weighted by molar-refractivity contribution is 0.0230. The highest BCUT2D eigenvalue weighted by molar-refractivity contribution is 5.25. The summed E-state index contributed by atoms with van der Waals surface area (Å²) in [5.41, 5.74) is 4.66. The Labute approximate surface area is 118 Å². The van der Waals surface area contributed by atoms with Crippen LogP contribution >= 0.6 is 0 Å². The number of nitrogens with one attached hydrogen (secondary N) is 1. The first-order valence-electron chi connectivity index (χ1n) is 6.98. The molecule has 3 rings (SSSR count). The molecule has 0 aliphatic carbocycles. The number of rotatable bonds is 3. The van der Waals surface area contributed by atoms with E-state index in [0.29, 0.717) is 0 Å². The van der Waals surface area contributed by atoms with Gasteiger partial charge in [-0.1, -0.05) is 0 Å². The average molecular weight is 275 g/mol. The van der Waals surface area contributed by atoms with Crippen molar-refractivity contribution in [3.05, 3.63) is 35.2 Å². The van der Waals surface area contributed by atoms with Gasteiger partial charge in [0.2, 0.25) is 0 Å². The lowest BCUT2D eigenvalue weighted by Crippen LogP contribution is -2.34. The van der Waals surface area contributed by atoms with Crippen LogP contribution < -0.4 is 5.32 Å². The highest BCUT2D eigenvalue weighted by Crippen LogP contribution is 2.21. The highest BCUT2D eigenvalue weighted by atomic mass is 16.5. The Morgan fingerprint density at radius 1 is 1.45 bits per heavy atom. The van der Waals surface area contributed by atoms with Crippen molar-refractivity contribution in [3.63, 3.8) is 0 Å². The molecule has 108 valence electrons. The largest absolute Gasteiger partial charge is 0.369 e. The lowest BCUT2D eigenvalue weighted by Gasteiger charge is -2.24. The monoisotopic (exact) mass is 275 g/mol. The van der Waals surface area contributed by atoms with Crippen molar-refractivity contribution in [2.24, 2.45) is 7.05 Å². The molecule has 1 aliphatic heterocycles. The van der Waals surface area contributed by atoms with Crippen molar-refractivity contribution < 1.29 is 4.74 Å². The van der Waals surface area contributed by atoms with Crippen LogP contribution in [-0.2, 0) is 18.3 Å². The molecule has 0 radical (unpaired) electrons. The topological polar surface area (TPSA) is 56.9 Å². The van der Waals surface area contributed by atoms with Crippen LogP contribution in [0.15, 0.2) is 12.5 Å². The maximum absolute atomic E-state index is 5.82. The van der Waals surface area contributed by atoms with Crippen LogP contribution in [0.25, 0.3) is 0 Å². The second kappa shape index (κ2) is 5.38. The third-order valence-electron chi connectivity index (χ3n) is 3.99. The SMILES string of the molecule is Cc1nn(C)c(C)c1Cn1cncc1C1CNCCO1. The summed E-state index contributed by atoms with van der Waals surface area (Å²) < 4.78 is 9.91. The van der Waals surface area contributed by atoms with Gasteiger partial charge in [0.15, 0.2) is 0 Å². The molecule has 0 amide bonds. The van der Waals surface area contributed by atoms with Crippen LogP contribution in [0.3, 0.4) is 0 Å². The molecule has 0 bridgehead atoms. The van der Waals surface area contributed by atoms with Crippen molar-refractivity contribution in [3.8, 4) is 0 Å². The van der Waals surface area contributed by atoms with Gasteiger partial charge in [-0.3, -0.25) is 4.68 Å². The Bertz CT molecular complexity index is 595. The van der Waals surface area contributed by atoms with Crippen molar-refractivity contribution in [1.82, 2.24) is 24.6 Å². The van der Waals surface area contributed by atoms with Gasteiger partial charge in [-0.05, 0) is 13.8 Å². The Morgan fingerprint density at radius 3 is 2.95 bits per heavy atom. The number of hydrogen-bond donors (Lipinski definition) is 1. The van der Waals surface area contributed by atoms with E-state index in [9.17, 15) is 0 Å². The van der Waals surface area contributed by atoms with E-state index >= 15 is 0 Å². The van der Waals surface area contributed by atoms with Gasteiger partial charge >= 0.3 is 0 Å². The summed E-state index contributed by atoms with van der Waals surface area (Å²) >= 11 is 0. The van der Waals surface area contributed by atoms with Gasteiger partial charge in [0.1, 0.15) is 6.10 Å². The molecule has 3 heterocycles. The molecule has 6 nitrogen and oxygen atoms in total. The molecule has 6 heteroatoms. The van der Waals surface area contributed by atoms with E-state index in [2.05, 4.69) is 33.8 Å². The second-order valence-electron chi connectivity index (χ2n) is 5.28. The first-order chi connectivity index (χ1) is 9.66. The summed E-state index contributed by atoms with van der Waals surface area (Å²) in [5, 5.41) is 7.83. The number of nitrogens with zero attached hydrogens (tertiary/aromatic N) is 4. The number of ether oxygens (including phenoxy) is 1. The summed E-state index contributed by atoms with van der Waals surface area (Å²) in [7, 11) is 1.98. The molecule has 0 saturated carbocycles. The Hall–Kier alpha value is -1.66. The quantitative estimate of drug-likeness (QED) is 0.906. The first kappa shape index (κ1) is 13.3. The molecule has 2 aromatic rings. The van der Waals surface area contributed by atoms with E-state index in [-0.39, 0.29) is 6.10 Å². The average Bonchev–Trinajstić information content (AvgIpc) is 3.01. The van der Waals surface area contributed by atoms with Gasteiger partial charge in [-0.2, -0.15) is 5.10 Å². The normalized spacial score (nSPS) is 19.4. The predicted octanol–water partition coefficient (Wildman–Crippen LogP) is 0.943. The molecule has 1 aliphatic rings. The van der Waals surface area contributed by atoms with E-state index in [0.717, 1.165) is 37.6 Å². The smallest absolute Gasteiger partial charge is 0.111 e. The van der Waals surface area contributed by atoms with Crippen LogP contribution in [0.2, 0.25) is 0 Å². The zero-order chi connectivity index (χ0) is 14.1. The molecule has 20 heavy (non-hydrogen) atoms. The fourth-order valence-electron chi connectivity index (χ4n) is 2.70. The maximum Gasteiger partial charge on any atom is 0.111 e. The van der Waals surface area contributed by atoms with E-state index in [1.807, 2.05) is 24.3 Å². The Morgan fingerprint density at radius 2 is 2.30 bits per heavy atom. The number of aryl methyl sites for hydroxylation is 2. The van der Waals surface area contributed by atoms with E-state index < -0.39 is 0 Å². The Balaban J connectivity index is 1.86. The number of aromatic nitrogens is 4. The van der Waals surface area contributed by atoms with Crippen LogP contribution in [0, 0.1) is 13.8 Å². The molecule has 1 fully saturated rings. The van der Waals surface area contributed by atoms with Crippen molar-refractivity contribution >= 4 is 0 Å². The van der Waals surface area contributed by atoms with Crippen molar-refractivity contribution in [2.75, 3.05) is 19.7 Å². The van der Waals surface area contributed by atoms with Crippen molar-refractivity contribution in [2.45, 2.75) is 26.5 Å². The minimum Gasteiger partial charge on any atom is -0.369 e. The van der Waals surface area contributed by atoms with E-state index in [1.165, 1.54) is 11.3 Å². The minimum absolute atomic E-state index is 0.0866. The summed E-state index contributed by atoms with van der Waals surface area (Å²) in [6, 6.07) is 0. The molecule has 1 atom stereocenters. The van der Waals surface area contributed by atoms with Gasteiger partial charge in [0, 0.05) is 31.4 Å². The van der Waals surface area contributed by atoms with E-state index in [1.54, 1.807) is 0 Å². The third-order valence-corrected chi connectivity index (χ3v) is 3.99. The van der Waals surface area contributed by atoms with Gasteiger partial charge in [-0.25, -0.2) is 4.98 Å². The molecule has 1 N–H and O–H groups in total. The number of hydrogen-bond acceptors (Lipinski definition) is 4. The summed E-state index contributed by atoms with van der Waals surface area (Å²) in [6.45, 7) is 7.46. The zero-order valence-electron chi connectivity index (χ0n) is 12.3. The molecule has 1 saturated heterocycles. The second-order valence-corrected chi connectivity index (χ2v) is 5.28. The molecule has 0 spiro atoms. The fourth-order valence-corrected chi connectivity index (χ4v) is 2.70. The standard InChI is InChI=1S/C14H21N5O/c1-10-12(11(2)18(3)17-10)8-19-9-16-6-13(19)14-7-15-4-5-20-14/h6,9,14-15H,4-5,7-8H2,1-3H3. The molecular weight excluding hydrogens is 254 g/mol.